The Kier molecular flexibility index (Phi) is 4.91. The van der Waals surface area contributed by atoms with Crippen molar-refractivity contribution in [3.05, 3.63) is 59.1 Å². The predicted molar refractivity (Wildman–Crippen MR) is 85.7 cm³/mol. The van der Waals surface area contributed by atoms with Gasteiger partial charge < -0.3 is 9.64 Å². The third kappa shape index (κ3) is 3.67. The number of nitrogens with zero attached hydrogens (tertiary/aromatic N) is 1. The predicted octanol–water partition coefficient (Wildman–Crippen LogP) is 4.90. The van der Waals surface area contributed by atoms with Crippen LogP contribution in [0.1, 0.15) is 19.4 Å². The van der Waals surface area contributed by atoms with Gasteiger partial charge in [-0.05, 0) is 51.1 Å². The van der Waals surface area contributed by atoms with Crippen molar-refractivity contribution in [2.45, 2.75) is 27.0 Å². The second-order valence-corrected chi connectivity index (χ2v) is 5.23. The van der Waals surface area contributed by atoms with E-state index in [0.717, 1.165) is 23.0 Å². The number of rotatable bonds is 5. The first-order chi connectivity index (χ1) is 9.60. The number of aryl methyl sites for hydroxylation is 1. The molecule has 3 heteroatoms. The molecule has 1 atom stereocenters. The van der Waals surface area contributed by atoms with Gasteiger partial charge in [0, 0.05) is 17.3 Å². The van der Waals surface area contributed by atoms with Gasteiger partial charge in [0.15, 0.2) is 6.23 Å². The van der Waals surface area contributed by atoms with Gasteiger partial charge in [-0.15, -0.1) is 0 Å². The zero-order valence-electron chi connectivity index (χ0n) is 12.1. The smallest absolute Gasteiger partial charge is 0.169 e. The number of hydrogen-bond acceptors (Lipinski definition) is 2. The van der Waals surface area contributed by atoms with Crippen LogP contribution in [0.4, 0.5) is 5.69 Å². The van der Waals surface area contributed by atoms with Gasteiger partial charge in [0.05, 0.1) is 0 Å². The lowest BCUT2D eigenvalue weighted by Crippen LogP contribution is -2.37. The molecular weight excluding hydrogens is 270 g/mol. The highest BCUT2D eigenvalue weighted by molar-refractivity contribution is 6.30. The molecule has 0 radical (unpaired) electrons. The maximum absolute atomic E-state index is 6.06. The molecule has 0 fully saturated rings. The summed E-state index contributed by atoms with van der Waals surface area (Å²) >= 11 is 6.06. The van der Waals surface area contributed by atoms with Crippen molar-refractivity contribution in [1.29, 1.82) is 0 Å². The summed E-state index contributed by atoms with van der Waals surface area (Å²) in [4.78, 5) is 2.17. The van der Waals surface area contributed by atoms with Crippen LogP contribution in [-0.4, -0.2) is 12.8 Å². The molecule has 0 N–H and O–H groups in total. The number of ether oxygens (including phenoxy) is 1. The molecule has 2 aromatic carbocycles. The Morgan fingerprint density at radius 1 is 1.15 bits per heavy atom. The van der Waals surface area contributed by atoms with Crippen molar-refractivity contribution in [2.24, 2.45) is 0 Å². The fourth-order valence-corrected chi connectivity index (χ4v) is 2.37. The van der Waals surface area contributed by atoms with Gasteiger partial charge in [-0.2, -0.15) is 0 Å². The summed E-state index contributed by atoms with van der Waals surface area (Å²) in [6.45, 7) is 7.07. The molecule has 0 aromatic heterocycles. The third-order valence-corrected chi connectivity index (χ3v) is 3.48. The molecule has 2 nitrogen and oxygen atoms in total. The van der Waals surface area contributed by atoms with E-state index in [1.807, 2.05) is 43.3 Å². The van der Waals surface area contributed by atoms with Crippen molar-refractivity contribution < 1.29 is 4.74 Å². The molecule has 2 aromatic rings. The van der Waals surface area contributed by atoms with Gasteiger partial charge in [0.25, 0.3) is 0 Å². The Morgan fingerprint density at radius 3 is 2.45 bits per heavy atom. The molecule has 0 aliphatic heterocycles. The monoisotopic (exact) mass is 289 g/mol. The lowest BCUT2D eigenvalue weighted by Gasteiger charge is -2.30. The van der Waals surface area contributed by atoms with Gasteiger partial charge in [0.1, 0.15) is 5.75 Å². The summed E-state index contributed by atoms with van der Waals surface area (Å²) in [5.74, 6) is 0.878. The quantitative estimate of drug-likeness (QED) is 0.726. The first-order valence-corrected chi connectivity index (χ1v) is 7.23. The second kappa shape index (κ2) is 6.67. The lowest BCUT2D eigenvalue weighted by molar-refractivity contribution is 0.216. The minimum Gasteiger partial charge on any atom is -0.471 e. The van der Waals surface area contributed by atoms with E-state index in [4.69, 9.17) is 16.3 Å². The number of benzene rings is 2. The van der Waals surface area contributed by atoms with Crippen molar-refractivity contribution in [2.75, 3.05) is 11.4 Å². The van der Waals surface area contributed by atoms with E-state index >= 15 is 0 Å². The molecule has 0 amide bonds. The molecule has 0 saturated carbocycles. The first-order valence-electron chi connectivity index (χ1n) is 6.85. The van der Waals surface area contributed by atoms with Crippen molar-refractivity contribution in [1.82, 2.24) is 0 Å². The lowest BCUT2D eigenvalue weighted by atomic mass is 10.2. The van der Waals surface area contributed by atoms with Crippen LogP contribution in [0.25, 0.3) is 0 Å². The van der Waals surface area contributed by atoms with Crippen LogP contribution >= 0.6 is 11.6 Å². The van der Waals surface area contributed by atoms with E-state index in [9.17, 15) is 0 Å². The Labute approximate surface area is 125 Å². The van der Waals surface area contributed by atoms with Gasteiger partial charge in [-0.3, -0.25) is 0 Å². The molecule has 0 heterocycles. The first kappa shape index (κ1) is 14.7. The van der Waals surface area contributed by atoms with E-state index in [2.05, 4.69) is 30.9 Å². The van der Waals surface area contributed by atoms with Crippen LogP contribution in [0.5, 0.6) is 5.75 Å². The zero-order valence-corrected chi connectivity index (χ0v) is 12.9. The Hall–Kier alpha value is -1.67. The minimum absolute atomic E-state index is 0.0545. The van der Waals surface area contributed by atoms with E-state index in [1.165, 1.54) is 5.56 Å². The maximum Gasteiger partial charge on any atom is 0.169 e. The van der Waals surface area contributed by atoms with Crippen LogP contribution in [0.3, 0.4) is 0 Å². The number of hydrogen-bond donors (Lipinski definition) is 0. The van der Waals surface area contributed by atoms with Crippen LogP contribution < -0.4 is 9.64 Å². The Morgan fingerprint density at radius 2 is 1.85 bits per heavy atom. The van der Waals surface area contributed by atoms with Gasteiger partial charge in [-0.1, -0.05) is 35.4 Å². The highest BCUT2D eigenvalue weighted by Crippen LogP contribution is 2.23. The zero-order chi connectivity index (χ0) is 14.5. The molecule has 106 valence electrons. The highest BCUT2D eigenvalue weighted by atomic mass is 35.5. The fraction of sp³-hybridized carbons (Fsp3) is 0.294. The van der Waals surface area contributed by atoms with Crippen LogP contribution in [0, 0.1) is 6.92 Å². The molecule has 2 rings (SSSR count). The van der Waals surface area contributed by atoms with Crippen LogP contribution in [-0.2, 0) is 0 Å². The highest BCUT2D eigenvalue weighted by Gasteiger charge is 2.14. The summed E-state index contributed by atoms with van der Waals surface area (Å²) in [5.41, 5.74) is 2.30. The van der Waals surface area contributed by atoms with E-state index in [-0.39, 0.29) is 6.23 Å². The summed E-state index contributed by atoms with van der Waals surface area (Å²) < 4.78 is 6.00. The summed E-state index contributed by atoms with van der Waals surface area (Å²) in [7, 11) is 0. The largest absolute Gasteiger partial charge is 0.471 e. The molecular formula is C17H20ClNO. The Balaban J connectivity index is 2.13. The average Bonchev–Trinajstić information content (AvgIpc) is 2.42. The van der Waals surface area contributed by atoms with Crippen LogP contribution in [0.15, 0.2) is 48.5 Å². The summed E-state index contributed by atoms with van der Waals surface area (Å²) in [5, 5.41) is 0.739. The molecule has 20 heavy (non-hydrogen) atoms. The van der Waals surface area contributed by atoms with E-state index in [0.29, 0.717) is 0 Å². The minimum atomic E-state index is -0.0545. The van der Waals surface area contributed by atoms with Gasteiger partial charge in [-0.25, -0.2) is 0 Å². The molecule has 0 bridgehead atoms. The molecule has 0 saturated heterocycles. The van der Waals surface area contributed by atoms with Gasteiger partial charge in [0.2, 0.25) is 0 Å². The van der Waals surface area contributed by atoms with Crippen molar-refractivity contribution in [3.8, 4) is 5.75 Å². The molecule has 1 unspecified atom stereocenters. The molecule has 0 aliphatic rings. The van der Waals surface area contributed by atoms with Crippen molar-refractivity contribution in [3.63, 3.8) is 0 Å². The maximum atomic E-state index is 6.06. The SMILES string of the molecule is CCN(c1cccc(Cl)c1)C(C)Oc1ccc(C)cc1. The van der Waals surface area contributed by atoms with E-state index in [1.54, 1.807) is 0 Å². The average molecular weight is 290 g/mol. The summed E-state index contributed by atoms with van der Waals surface area (Å²) in [6.07, 6.45) is -0.0545. The Bertz CT molecular complexity index is 553. The fourth-order valence-electron chi connectivity index (χ4n) is 2.18. The number of anilines is 1. The molecule has 0 spiro atoms. The second-order valence-electron chi connectivity index (χ2n) is 4.80. The van der Waals surface area contributed by atoms with E-state index < -0.39 is 0 Å². The molecule has 0 aliphatic carbocycles. The van der Waals surface area contributed by atoms with Gasteiger partial charge >= 0.3 is 0 Å². The third-order valence-electron chi connectivity index (χ3n) is 3.25. The number of halogens is 1. The topological polar surface area (TPSA) is 12.5 Å². The van der Waals surface area contributed by atoms with Crippen molar-refractivity contribution >= 4 is 17.3 Å². The summed E-state index contributed by atoms with van der Waals surface area (Å²) in [6, 6.07) is 15.9. The van der Waals surface area contributed by atoms with Crippen LogP contribution in [0.2, 0.25) is 5.02 Å². The normalized spacial score (nSPS) is 12.0. The standard InChI is InChI=1S/C17H20ClNO/c1-4-19(16-7-5-6-15(18)12-16)14(3)20-17-10-8-13(2)9-11-17/h5-12,14H,4H2,1-3H3.